The van der Waals surface area contributed by atoms with Gasteiger partial charge in [-0.25, -0.2) is 8.42 Å². The van der Waals surface area contributed by atoms with Crippen LogP contribution < -0.4 is 5.32 Å². The Morgan fingerprint density at radius 3 is 2.53 bits per heavy atom. The van der Waals surface area contributed by atoms with Gasteiger partial charge in [-0.3, -0.25) is 5.32 Å². The summed E-state index contributed by atoms with van der Waals surface area (Å²) < 4.78 is 29.4. The highest BCUT2D eigenvalue weighted by Gasteiger charge is 2.45. The van der Waals surface area contributed by atoms with Gasteiger partial charge in [0, 0.05) is 36.1 Å². The summed E-state index contributed by atoms with van der Waals surface area (Å²) in [6.07, 6.45) is 2.62. The maximum atomic E-state index is 13.6. The molecule has 2 aliphatic heterocycles. The number of aryl methyl sites for hydroxylation is 1. The molecule has 2 bridgehead atoms. The van der Waals surface area contributed by atoms with Crippen molar-refractivity contribution in [2.24, 2.45) is 7.05 Å². The summed E-state index contributed by atoms with van der Waals surface area (Å²) in [5, 5.41) is 4.55. The lowest BCUT2D eigenvalue weighted by Crippen LogP contribution is -2.41. The minimum atomic E-state index is -3.66. The highest BCUT2D eigenvalue weighted by Crippen LogP contribution is 2.47. The molecule has 2 unspecified atom stereocenters. The Kier molecular flexibility index (Phi) is 4.35. The van der Waals surface area contributed by atoms with E-state index in [2.05, 4.69) is 9.88 Å². The van der Waals surface area contributed by atoms with E-state index in [-0.39, 0.29) is 11.0 Å². The maximum Gasteiger partial charge on any atom is 0.206 e. The second-order valence-corrected chi connectivity index (χ2v) is 11.5. The molecule has 162 valence electrons. The van der Waals surface area contributed by atoms with E-state index < -0.39 is 9.84 Å². The van der Waals surface area contributed by atoms with Crippen molar-refractivity contribution in [2.75, 3.05) is 0 Å². The van der Waals surface area contributed by atoms with Gasteiger partial charge in [0.05, 0.1) is 14.8 Å². The second kappa shape index (κ2) is 6.95. The van der Waals surface area contributed by atoms with Gasteiger partial charge in [-0.2, -0.15) is 0 Å². The van der Waals surface area contributed by atoms with Crippen LogP contribution in [0.1, 0.15) is 30.1 Å². The normalized spacial score (nSPS) is 22.2. The Morgan fingerprint density at radius 1 is 0.969 bits per heavy atom. The Hall–Kier alpha value is -2.60. The van der Waals surface area contributed by atoms with Crippen LogP contribution in [0.15, 0.2) is 82.6 Å². The number of rotatable bonds is 3. The predicted molar refractivity (Wildman–Crippen MR) is 128 cm³/mol. The van der Waals surface area contributed by atoms with Gasteiger partial charge in [-0.1, -0.05) is 42.5 Å². The topological polar surface area (TPSA) is 51.1 Å². The summed E-state index contributed by atoms with van der Waals surface area (Å²) in [5.74, 6) is 0. The fraction of sp³-hybridized carbons (Fsp3) is 0.231. The summed E-state index contributed by atoms with van der Waals surface area (Å²) in [5.41, 5.74) is 5.33. The molecule has 0 aliphatic carbocycles. The Balaban J connectivity index is 1.48. The zero-order chi connectivity index (χ0) is 22.1. The van der Waals surface area contributed by atoms with Crippen LogP contribution in [0, 0.1) is 0 Å². The van der Waals surface area contributed by atoms with E-state index in [0.717, 1.165) is 41.3 Å². The molecule has 1 aromatic heterocycles. The van der Waals surface area contributed by atoms with Crippen LogP contribution in [0.4, 0.5) is 0 Å². The van der Waals surface area contributed by atoms with Crippen LogP contribution in [0.5, 0.6) is 0 Å². The molecule has 1 fully saturated rings. The summed E-state index contributed by atoms with van der Waals surface area (Å²) in [7, 11) is -1.61. The lowest BCUT2D eigenvalue weighted by atomic mass is 9.99. The van der Waals surface area contributed by atoms with Crippen molar-refractivity contribution in [3.63, 3.8) is 0 Å². The van der Waals surface area contributed by atoms with E-state index in [9.17, 15) is 8.42 Å². The largest absolute Gasteiger partial charge is 0.347 e. The zero-order valence-corrected chi connectivity index (χ0v) is 19.2. The molecule has 0 amide bonds. The molecule has 0 saturated carbocycles. The minimum absolute atomic E-state index is 0.166. The molecule has 2 aliphatic rings. The van der Waals surface area contributed by atoms with Crippen molar-refractivity contribution in [3.05, 3.63) is 84.1 Å². The lowest BCUT2D eigenvalue weighted by molar-refractivity contribution is 0.455. The zero-order valence-electron chi connectivity index (χ0n) is 17.7. The summed E-state index contributed by atoms with van der Waals surface area (Å²) >= 11 is 6.76. The quantitative estimate of drug-likeness (QED) is 0.319. The molecule has 0 spiro atoms. The number of nitrogens with zero attached hydrogens (tertiary/aromatic N) is 1. The number of fused-ring (bicyclic) bond motifs is 6. The van der Waals surface area contributed by atoms with Gasteiger partial charge in [0.1, 0.15) is 0 Å². The van der Waals surface area contributed by atoms with Crippen LogP contribution >= 0.6 is 11.6 Å². The first kappa shape index (κ1) is 20.0. The summed E-state index contributed by atoms with van der Waals surface area (Å²) in [6, 6.07) is 22.7. The van der Waals surface area contributed by atoms with Gasteiger partial charge in [0.25, 0.3) is 0 Å². The van der Waals surface area contributed by atoms with E-state index in [1.807, 2.05) is 55.6 Å². The third-order valence-electron chi connectivity index (χ3n) is 6.96. The van der Waals surface area contributed by atoms with Gasteiger partial charge in [0.15, 0.2) is 0 Å². The molecule has 3 heterocycles. The van der Waals surface area contributed by atoms with E-state index >= 15 is 0 Å². The van der Waals surface area contributed by atoms with Crippen molar-refractivity contribution in [1.29, 1.82) is 0 Å². The number of nitrogens with one attached hydrogen (secondary N) is 1. The van der Waals surface area contributed by atoms with Crippen molar-refractivity contribution in [2.45, 2.75) is 40.1 Å². The van der Waals surface area contributed by atoms with E-state index in [1.165, 1.54) is 11.3 Å². The number of hydrogen-bond donors (Lipinski definition) is 1. The minimum Gasteiger partial charge on any atom is -0.347 e. The smallest absolute Gasteiger partial charge is 0.206 e. The van der Waals surface area contributed by atoms with Crippen LogP contribution in [0.2, 0.25) is 0 Å². The average Bonchev–Trinajstić information content (AvgIpc) is 3.27. The Bertz CT molecular complexity index is 1480. The second-order valence-electron chi connectivity index (χ2n) is 8.87. The van der Waals surface area contributed by atoms with Crippen LogP contribution in [0.25, 0.3) is 22.0 Å². The van der Waals surface area contributed by atoms with E-state index in [4.69, 9.17) is 11.6 Å². The first-order chi connectivity index (χ1) is 15.4. The first-order valence-corrected chi connectivity index (χ1v) is 12.7. The molecule has 4 nitrogen and oxygen atoms in total. The number of aromatic nitrogens is 1. The molecule has 6 heteroatoms. The average molecular weight is 463 g/mol. The molecule has 1 N–H and O–H groups in total. The standard InChI is InChI=1S/C26H23ClN2O2S/c1-29-23-11-10-20(15-21(23)25-22-12-13-26(27,28-22)16-24(25)29)32(30,31)19-9-5-8-18(14-19)17-6-3-2-4-7-17/h2-11,14-15,22,28H,12-13,16H2,1H3. The molecule has 6 rings (SSSR count). The van der Waals surface area contributed by atoms with Crippen molar-refractivity contribution < 1.29 is 8.42 Å². The van der Waals surface area contributed by atoms with Crippen molar-refractivity contribution in [1.82, 2.24) is 9.88 Å². The SMILES string of the molecule is Cn1c2c(c3cc(S(=O)(=O)c4cccc(-c5ccccc5)c4)ccc31)C1CCC(Cl)(C2)N1. The summed E-state index contributed by atoms with van der Waals surface area (Å²) in [4.78, 5) is 0.248. The summed E-state index contributed by atoms with van der Waals surface area (Å²) in [6.45, 7) is 0. The Labute approximate surface area is 192 Å². The van der Waals surface area contributed by atoms with Crippen LogP contribution in [-0.4, -0.2) is 18.0 Å². The molecule has 0 radical (unpaired) electrons. The number of halogens is 1. The number of benzene rings is 3. The third kappa shape index (κ3) is 2.95. The molecule has 32 heavy (non-hydrogen) atoms. The van der Waals surface area contributed by atoms with Gasteiger partial charge in [-0.05, 0) is 59.9 Å². The molecule has 3 aromatic carbocycles. The predicted octanol–water partition coefficient (Wildman–Crippen LogP) is 5.59. The molecule has 4 aromatic rings. The third-order valence-corrected chi connectivity index (χ3v) is 9.14. The monoisotopic (exact) mass is 462 g/mol. The fourth-order valence-electron chi connectivity index (χ4n) is 5.34. The first-order valence-electron chi connectivity index (χ1n) is 10.8. The molecular weight excluding hydrogens is 440 g/mol. The van der Waals surface area contributed by atoms with Gasteiger partial charge in [-0.15, -0.1) is 11.6 Å². The highest BCUT2D eigenvalue weighted by molar-refractivity contribution is 7.91. The van der Waals surface area contributed by atoms with E-state index in [1.54, 1.807) is 24.3 Å². The molecule has 1 saturated heterocycles. The number of sulfone groups is 1. The van der Waals surface area contributed by atoms with Gasteiger partial charge >= 0.3 is 0 Å². The highest BCUT2D eigenvalue weighted by atomic mass is 35.5. The van der Waals surface area contributed by atoms with Crippen LogP contribution in [-0.2, 0) is 23.3 Å². The fourth-order valence-corrected chi connectivity index (χ4v) is 7.03. The number of alkyl halides is 1. The van der Waals surface area contributed by atoms with E-state index in [0.29, 0.717) is 9.79 Å². The van der Waals surface area contributed by atoms with Gasteiger partial charge in [0.2, 0.25) is 9.84 Å². The Morgan fingerprint density at radius 2 is 1.72 bits per heavy atom. The lowest BCUT2D eigenvalue weighted by Gasteiger charge is -2.29. The van der Waals surface area contributed by atoms with Crippen molar-refractivity contribution in [3.8, 4) is 11.1 Å². The van der Waals surface area contributed by atoms with Gasteiger partial charge < -0.3 is 4.57 Å². The maximum absolute atomic E-state index is 13.6. The molecule has 2 atom stereocenters. The number of hydrogen-bond acceptors (Lipinski definition) is 3. The molecular formula is C26H23ClN2O2S. The van der Waals surface area contributed by atoms with Crippen molar-refractivity contribution >= 4 is 32.3 Å². The van der Waals surface area contributed by atoms with Crippen LogP contribution in [0.3, 0.4) is 0 Å².